The molecule has 4 nitrogen and oxygen atoms in total. The molecule has 0 spiro atoms. The Morgan fingerprint density at radius 1 is 1.09 bits per heavy atom. The normalized spacial score (nSPS) is 10.7. The van der Waals surface area contributed by atoms with Gasteiger partial charge in [-0.25, -0.2) is 4.68 Å². The minimum absolute atomic E-state index is 0.271. The van der Waals surface area contributed by atoms with Crippen molar-refractivity contribution in [2.75, 3.05) is 7.11 Å². The molecule has 0 saturated heterocycles. The van der Waals surface area contributed by atoms with Crippen LogP contribution >= 0.6 is 23.2 Å². The van der Waals surface area contributed by atoms with Crippen LogP contribution in [0.2, 0.25) is 5.02 Å². The van der Waals surface area contributed by atoms with Gasteiger partial charge >= 0.3 is 0 Å². The summed E-state index contributed by atoms with van der Waals surface area (Å²) < 4.78 is 7.15. The van der Waals surface area contributed by atoms with Crippen molar-refractivity contribution in [2.45, 2.75) is 5.88 Å². The summed E-state index contributed by atoms with van der Waals surface area (Å²) in [6, 6.07) is 15.1. The molecule has 22 heavy (non-hydrogen) atoms. The zero-order valence-corrected chi connectivity index (χ0v) is 13.3. The summed E-state index contributed by atoms with van der Waals surface area (Å²) in [4.78, 5) is 0. The molecule has 6 heteroatoms. The number of para-hydroxylation sites is 2. The Morgan fingerprint density at radius 2 is 1.82 bits per heavy atom. The van der Waals surface area contributed by atoms with Crippen LogP contribution in [0, 0.1) is 0 Å². The third kappa shape index (κ3) is 2.67. The predicted molar refractivity (Wildman–Crippen MR) is 87.9 cm³/mol. The van der Waals surface area contributed by atoms with E-state index < -0.39 is 0 Å². The minimum Gasteiger partial charge on any atom is -0.494 e. The van der Waals surface area contributed by atoms with Crippen molar-refractivity contribution in [1.29, 1.82) is 0 Å². The summed E-state index contributed by atoms with van der Waals surface area (Å²) >= 11 is 12.0. The quantitative estimate of drug-likeness (QED) is 0.667. The molecule has 3 rings (SSSR count). The van der Waals surface area contributed by atoms with Crippen molar-refractivity contribution in [2.24, 2.45) is 0 Å². The van der Waals surface area contributed by atoms with E-state index in [0.29, 0.717) is 16.5 Å². The fourth-order valence-corrected chi connectivity index (χ4v) is 2.58. The second-order valence-corrected chi connectivity index (χ2v) is 5.31. The SMILES string of the molecule is COc1ccccc1-n1nnc(CCl)c1-c1ccc(Cl)cc1. The number of nitrogens with zero attached hydrogens (tertiary/aromatic N) is 3. The second-order valence-electron chi connectivity index (χ2n) is 4.61. The summed E-state index contributed by atoms with van der Waals surface area (Å²) in [5, 5.41) is 9.09. The second kappa shape index (κ2) is 6.38. The lowest BCUT2D eigenvalue weighted by atomic mass is 10.1. The first-order valence-electron chi connectivity index (χ1n) is 6.64. The minimum atomic E-state index is 0.271. The number of hydrogen-bond acceptors (Lipinski definition) is 3. The molecule has 2 aromatic carbocycles. The fourth-order valence-electron chi connectivity index (χ4n) is 2.27. The van der Waals surface area contributed by atoms with Crippen LogP contribution in [0.4, 0.5) is 0 Å². The third-order valence-electron chi connectivity index (χ3n) is 3.30. The lowest BCUT2D eigenvalue weighted by Gasteiger charge is -2.11. The number of ether oxygens (including phenoxy) is 1. The molecule has 0 aliphatic carbocycles. The highest BCUT2D eigenvalue weighted by atomic mass is 35.5. The van der Waals surface area contributed by atoms with Gasteiger partial charge in [-0.3, -0.25) is 0 Å². The smallest absolute Gasteiger partial charge is 0.144 e. The van der Waals surface area contributed by atoms with E-state index in [1.807, 2.05) is 48.5 Å². The molecule has 0 aliphatic heterocycles. The molecular weight excluding hydrogens is 321 g/mol. The van der Waals surface area contributed by atoms with Gasteiger partial charge in [0.2, 0.25) is 0 Å². The average Bonchev–Trinajstić information content (AvgIpc) is 2.99. The molecule has 112 valence electrons. The Morgan fingerprint density at radius 3 is 2.50 bits per heavy atom. The number of alkyl halides is 1. The van der Waals surface area contributed by atoms with Crippen molar-refractivity contribution < 1.29 is 4.74 Å². The van der Waals surface area contributed by atoms with Crippen LogP contribution < -0.4 is 4.74 Å². The van der Waals surface area contributed by atoms with Crippen molar-refractivity contribution in [3.8, 4) is 22.7 Å². The van der Waals surface area contributed by atoms with Crippen LogP contribution in [0.1, 0.15) is 5.69 Å². The van der Waals surface area contributed by atoms with Gasteiger partial charge in [0.1, 0.15) is 17.1 Å². The van der Waals surface area contributed by atoms with E-state index in [2.05, 4.69) is 10.3 Å². The fraction of sp³-hybridized carbons (Fsp3) is 0.125. The van der Waals surface area contributed by atoms with Gasteiger partial charge < -0.3 is 4.74 Å². The van der Waals surface area contributed by atoms with Gasteiger partial charge in [0, 0.05) is 10.6 Å². The van der Waals surface area contributed by atoms with E-state index >= 15 is 0 Å². The molecule has 0 aliphatic rings. The van der Waals surface area contributed by atoms with E-state index in [1.165, 1.54) is 0 Å². The number of rotatable bonds is 4. The number of benzene rings is 2. The lowest BCUT2D eigenvalue weighted by Crippen LogP contribution is -2.02. The molecule has 3 aromatic rings. The molecule has 1 aromatic heterocycles. The predicted octanol–water partition coefficient (Wildman–Crippen LogP) is 4.34. The van der Waals surface area contributed by atoms with Gasteiger partial charge in [-0.2, -0.15) is 0 Å². The monoisotopic (exact) mass is 333 g/mol. The summed E-state index contributed by atoms with van der Waals surface area (Å²) in [5.41, 5.74) is 3.28. The van der Waals surface area contributed by atoms with E-state index in [-0.39, 0.29) is 5.88 Å². The molecule has 0 bridgehead atoms. The number of methoxy groups -OCH3 is 1. The third-order valence-corrected chi connectivity index (χ3v) is 3.80. The van der Waals surface area contributed by atoms with Crippen molar-refractivity contribution in [3.63, 3.8) is 0 Å². The summed E-state index contributed by atoms with van der Waals surface area (Å²) in [6.07, 6.45) is 0. The molecule has 0 saturated carbocycles. The largest absolute Gasteiger partial charge is 0.494 e. The first-order valence-corrected chi connectivity index (χ1v) is 7.55. The zero-order chi connectivity index (χ0) is 15.5. The summed E-state index contributed by atoms with van der Waals surface area (Å²) in [5.74, 6) is 0.983. The summed E-state index contributed by atoms with van der Waals surface area (Å²) in [6.45, 7) is 0. The molecule has 0 atom stereocenters. The Labute approximate surface area is 138 Å². The van der Waals surface area contributed by atoms with Crippen LogP contribution in [0.15, 0.2) is 48.5 Å². The lowest BCUT2D eigenvalue weighted by molar-refractivity contribution is 0.411. The Balaban J connectivity index is 2.21. The number of aromatic nitrogens is 3. The van der Waals surface area contributed by atoms with Gasteiger partial charge in [0.05, 0.1) is 18.7 Å². The highest BCUT2D eigenvalue weighted by Crippen LogP contribution is 2.30. The number of halogens is 2. The van der Waals surface area contributed by atoms with Crippen LogP contribution in [0.25, 0.3) is 16.9 Å². The standard InChI is InChI=1S/C16H13Cl2N3O/c1-22-15-5-3-2-4-14(15)21-16(13(10-17)19-20-21)11-6-8-12(18)9-7-11/h2-9H,10H2,1H3. The van der Waals surface area contributed by atoms with Crippen LogP contribution in [-0.2, 0) is 5.88 Å². The molecule has 0 amide bonds. The maximum absolute atomic E-state index is 6.01. The van der Waals surface area contributed by atoms with Crippen LogP contribution in [-0.4, -0.2) is 22.1 Å². The van der Waals surface area contributed by atoms with Crippen molar-refractivity contribution in [3.05, 3.63) is 59.2 Å². The molecule has 0 N–H and O–H groups in total. The average molecular weight is 334 g/mol. The first-order chi connectivity index (χ1) is 10.7. The number of hydrogen-bond donors (Lipinski definition) is 0. The van der Waals surface area contributed by atoms with Gasteiger partial charge in [-0.1, -0.05) is 41.1 Å². The Bertz CT molecular complexity index is 784. The van der Waals surface area contributed by atoms with Gasteiger partial charge in [0.25, 0.3) is 0 Å². The van der Waals surface area contributed by atoms with E-state index in [1.54, 1.807) is 11.8 Å². The van der Waals surface area contributed by atoms with Crippen LogP contribution in [0.5, 0.6) is 5.75 Å². The van der Waals surface area contributed by atoms with Crippen LogP contribution in [0.3, 0.4) is 0 Å². The molecular formula is C16H13Cl2N3O. The Hall–Kier alpha value is -2.04. The highest BCUT2D eigenvalue weighted by molar-refractivity contribution is 6.30. The molecule has 0 radical (unpaired) electrons. The van der Waals surface area contributed by atoms with Crippen molar-refractivity contribution in [1.82, 2.24) is 15.0 Å². The Kier molecular flexibility index (Phi) is 4.32. The van der Waals surface area contributed by atoms with Gasteiger partial charge in [-0.15, -0.1) is 16.7 Å². The topological polar surface area (TPSA) is 39.9 Å². The summed E-state index contributed by atoms with van der Waals surface area (Å²) in [7, 11) is 1.63. The molecule has 0 unspecified atom stereocenters. The van der Waals surface area contributed by atoms with Gasteiger partial charge in [-0.05, 0) is 24.3 Å². The molecule has 1 heterocycles. The van der Waals surface area contributed by atoms with Crippen molar-refractivity contribution >= 4 is 23.2 Å². The maximum atomic E-state index is 6.01. The zero-order valence-electron chi connectivity index (χ0n) is 11.8. The van der Waals surface area contributed by atoms with E-state index in [0.717, 1.165) is 16.9 Å². The molecule has 0 fully saturated rings. The van der Waals surface area contributed by atoms with Gasteiger partial charge in [0.15, 0.2) is 0 Å². The first kappa shape index (κ1) is 14.9. The highest BCUT2D eigenvalue weighted by Gasteiger charge is 2.17. The van der Waals surface area contributed by atoms with E-state index in [9.17, 15) is 0 Å². The maximum Gasteiger partial charge on any atom is 0.144 e. The van der Waals surface area contributed by atoms with E-state index in [4.69, 9.17) is 27.9 Å².